The van der Waals surface area contributed by atoms with Gasteiger partial charge in [-0.2, -0.15) is 0 Å². The standard InChI is InChI=1S/C28H35N5O4/c1-17(2)15-22(30-26(35)18-7-11-21(12-8-18)31(3)4)28(37)32-14-13-23-25(32)24(34)16-33(23)27(36)19-5-9-20(29)10-6-19/h5-12,17,22-23,25H,13-16,29H2,1-4H3,(H,30,35). The Hall–Kier alpha value is -3.88. The summed E-state index contributed by atoms with van der Waals surface area (Å²) in [6, 6.07) is 11.9. The number of carbonyl (C=O) groups excluding carboxylic acids is 4. The van der Waals surface area contributed by atoms with Gasteiger partial charge in [0.05, 0.1) is 12.6 Å². The summed E-state index contributed by atoms with van der Waals surface area (Å²) >= 11 is 0. The molecule has 2 saturated heterocycles. The lowest BCUT2D eigenvalue weighted by Crippen LogP contribution is -2.53. The Bertz CT molecular complexity index is 1180. The number of benzene rings is 2. The van der Waals surface area contributed by atoms with E-state index < -0.39 is 12.1 Å². The topological polar surface area (TPSA) is 116 Å². The molecule has 0 saturated carbocycles. The number of likely N-dealkylation sites (tertiary alicyclic amines) is 2. The van der Waals surface area contributed by atoms with Gasteiger partial charge in [-0.25, -0.2) is 0 Å². The molecule has 0 radical (unpaired) electrons. The van der Waals surface area contributed by atoms with Crippen molar-refractivity contribution in [2.45, 2.75) is 44.8 Å². The van der Waals surface area contributed by atoms with Gasteiger partial charge in [0, 0.05) is 43.1 Å². The Morgan fingerprint density at radius 1 is 1.00 bits per heavy atom. The molecule has 196 valence electrons. The third kappa shape index (κ3) is 5.45. The molecule has 9 heteroatoms. The van der Waals surface area contributed by atoms with Gasteiger partial charge >= 0.3 is 0 Å². The largest absolute Gasteiger partial charge is 0.399 e. The lowest BCUT2D eigenvalue weighted by atomic mass is 10.0. The van der Waals surface area contributed by atoms with E-state index in [2.05, 4.69) is 5.32 Å². The van der Waals surface area contributed by atoms with Crippen LogP contribution in [0.25, 0.3) is 0 Å². The van der Waals surface area contributed by atoms with Crippen molar-refractivity contribution in [3.63, 3.8) is 0 Å². The number of hydrogen-bond acceptors (Lipinski definition) is 6. The molecule has 2 aromatic carbocycles. The Labute approximate surface area is 217 Å². The molecule has 3 atom stereocenters. The van der Waals surface area contributed by atoms with Gasteiger partial charge in [-0.15, -0.1) is 0 Å². The van der Waals surface area contributed by atoms with Gasteiger partial charge < -0.3 is 25.8 Å². The monoisotopic (exact) mass is 505 g/mol. The zero-order valence-corrected chi connectivity index (χ0v) is 21.8. The SMILES string of the molecule is CC(C)CC(NC(=O)c1ccc(N(C)C)cc1)C(=O)N1CCC2C1C(=O)CN2C(=O)c1ccc(N)cc1. The van der Waals surface area contributed by atoms with E-state index in [1.54, 1.807) is 46.2 Å². The number of anilines is 2. The van der Waals surface area contributed by atoms with Crippen molar-refractivity contribution in [3.8, 4) is 0 Å². The van der Waals surface area contributed by atoms with Gasteiger partial charge in [-0.1, -0.05) is 13.8 Å². The predicted octanol–water partition coefficient (Wildman–Crippen LogP) is 2.17. The number of nitrogen functional groups attached to an aromatic ring is 1. The number of nitrogens with one attached hydrogen (secondary N) is 1. The second-order valence-electron chi connectivity index (χ2n) is 10.5. The first-order chi connectivity index (χ1) is 17.6. The average Bonchev–Trinajstić information content (AvgIpc) is 3.44. The average molecular weight is 506 g/mol. The molecule has 2 aliphatic heterocycles. The molecule has 37 heavy (non-hydrogen) atoms. The fraction of sp³-hybridized carbons (Fsp3) is 0.429. The predicted molar refractivity (Wildman–Crippen MR) is 142 cm³/mol. The summed E-state index contributed by atoms with van der Waals surface area (Å²) in [6.07, 6.45) is 0.952. The Morgan fingerprint density at radius 3 is 2.22 bits per heavy atom. The van der Waals surface area contributed by atoms with Crippen molar-refractivity contribution >= 4 is 34.9 Å². The fourth-order valence-electron chi connectivity index (χ4n) is 5.18. The lowest BCUT2D eigenvalue weighted by molar-refractivity contribution is -0.138. The zero-order chi connectivity index (χ0) is 26.9. The molecule has 2 aromatic rings. The van der Waals surface area contributed by atoms with Crippen molar-refractivity contribution in [1.29, 1.82) is 0 Å². The third-order valence-electron chi connectivity index (χ3n) is 7.08. The van der Waals surface area contributed by atoms with Crippen LogP contribution in [0.15, 0.2) is 48.5 Å². The van der Waals surface area contributed by atoms with Crippen molar-refractivity contribution in [2.75, 3.05) is 37.8 Å². The summed E-state index contributed by atoms with van der Waals surface area (Å²) in [6.45, 7) is 4.28. The molecule has 4 rings (SSSR count). The highest BCUT2D eigenvalue weighted by atomic mass is 16.2. The van der Waals surface area contributed by atoms with E-state index in [0.717, 1.165) is 5.69 Å². The second-order valence-corrected chi connectivity index (χ2v) is 10.5. The molecule has 0 spiro atoms. The van der Waals surface area contributed by atoms with Crippen molar-refractivity contribution in [2.24, 2.45) is 5.92 Å². The van der Waals surface area contributed by atoms with Crippen LogP contribution in [0, 0.1) is 5.92 Å². The van der Waals surface area contributed by atoms with Gasteiger partial charge in [0.2, 0.25) is 5.91 Å². The number of carbonyl (C=O) groups is 4. The van der Waals surface area contributed by atoms with Crippen molar-refractivity contribution < 1.29 is 19.2 Å². The minimum absolute atomic E-state index is 0.0399. The maximum absolute atomic E-state index is 13.7. The molecule has 2 heterocycles. The van der Waals surface area contributed by atoms with E-state index in [-0.39, 0.29) is 42.0 Å². The van der Waals surface area contributed by atoms with Gasteiger partial charge in [-0.3, -0.25) is 19.2 Å². The van der Waals surface area contributed by atoms with Gasteiger partial charge in [-0.05, 0) is 67.3 Å². The number of nitrogens with zero attached hydrogens (tertiary/aromatic N) is 3. The molecule has 9 nitrogen and oxygen atoms in total. The van der Waals surface area contributed by atoms with E-state index in [1.807, 2.05) is 45.0 Å². The van der Waals surface area contributed by atoms with Crippen molar-refractivity contribution in [3.05, 3.63) is 59.7 Å². The molecule has 2 fully saturated rings. The zero-order valence-electron chi connectivity index (χ0n) is 21.8. The first-order valence-electron chi connectivity index (χ1n) is 12.6. The Morgan fingerprint density at radius 2 is 1.62 bits per heavy atom. The van der Waals surface area contributed by atoms with Crippen LogP contribution in [0.1, 0.15) is 47.4 Å². The third-order valence-corrected chi connectivity index (χ3v) is 7.08. The smallest absolute Gasteiger partial charge is 0.254 e. The number of ketones is 1. The van der Waals surface area contributed by atoms with E-state index in [4.69, 9.17) is 5.73 Å². The maximum atomic E-state index is 13.7. The summed E-state index contributed by atoms with van der Waals surface area (Å²) in [5.74, 6) is -0.879. The first-order valence-corrected chi connectivity index (χ1v) is 12.6. The van der Waals surface area contributed by atoms with Crippen molar-refractivity contribution in [1.82, 2.24) is 15.1 Å². The summed E-state index contributed by atoms with van der Waals surface area (Å²) in [5.41, 5.74) is 8.17. The Balaban J connectivity index is 1.49. The molecule has 2 aliphatic rings. The summed E-state index contributed by atoms with van der Waals surface area (Å²) in [7, 11) is 3.84. The van der Waals surface area contributed by atoms with Crippen LogP contribution in [-0.2, 0) is 9.59 Å². The molecule has 3 unspecified atom stereocenters. The lowest BCUT2D eigenvalue weighted by Gasteiger charge is -2.29. The van der Waals surface area contributed by atoms with Gasteiger partial charge in [0.15, 0.2) is 5.78 Å². The van der Waals surface area contributed by atoms with Crippen LogP contribution >= 0.6 is 0 Å². The second kappa shape index (κ2) is 10.6. The summed E-state index contributed by atoms with van der Waals surface area (Å²) in [4.78, 5) is 58.0. The highest BCUT2D eigenvalue weighted by Gasteiger charge is 2.52. The molecule has 0 aromatic heterocycles. The molecular weight excluding hydrogens is 470 g/mol. The summed E-state index contributed by atoms with van der Waals surface area (Å²) in [5, 5.41) is 2.90. The minimum atomic E-state index is -0.769. The molecule has 3 amide bonds. The highest BCUT2D eigenvalue weighted by molar-refractivity contribution is 6.03. The van der Waals surface area contributed by atoms with Crippen LogP contribution in [0.5, 0.6) is 0 Å². The highest BCUT2D eigenvalue weighted by Crippen LogP contribution is 2.32. The molecular formula is C28H35N5O4. The normalized spacial score (nSPS) is 19.6. The number of rotatable bonds is 7. The molecule has 0 bridgehead atoms. The number of amides is 3. The van der Waals surface area contributed by atoms with E-state index in [1.165, 1.54) is 0 Å². The number of Topliss-reactive ketones (excluding diaryl/α,β-unsaturated/α-hetero) is 1. The summed E-state index contributed by atoms with van der Waals surface area (Å²) < 4.78 is 0. The van der Waals surface area contributed by atoms with Crippen LogP contribution in [0.4, 0.5) is 11.4 Å². The van der Waals surface area contributed by atoms with Crippen LogP contribution < -0.4 is 16.0 Å². The van der Waals surface area contributed by atoms with E-state index in [0.29, 0.717) is 36.2 Å². The fourth-order valence-corrected chi connectivity index (χ4v) is 5.18. The Kier molecular flexibility index (Phi) is 7.52. The van der Waals surface area contributed by atoms with Crippen LogP contribution in [-0.4, -0.2) is 78.6 Å². The molecule has 0 aliphatic carbocycles. The van der Waals surface area contributed by atoms with Crippen LogP contribution in [0.3, 0.4) is 0 Å². The number of fused-ring (bicyclic) bond motifs is 1. The maximum Gasteiger partial charge on any atom is 0.254 e. The number of hydrogen-bond donors (Lipinski definition) is 2. The van der Waals surface area contributed by atoms with Crippen LogP contribution in [0.2, 0.25) is 0 Å². The molecule has 3 N–H and O–H groups in total. The first kappa shape index (κ1) is 26.2. The van der Waals surface area contributed by atoms with Gasteiger partial charge in [0.25, 0.3) is 11.8 Å². The van der Waals surface area contributed by atoms with E-state index in [9.17, 15) is 19.2 Å². The van der Waals surface area contributed by atoms with Gasteiger partial charge in [0.1, 0.15) is 12.1 Å². The number of nitrogens with two attached hydrogens (primary N) is 1. The minimum Gasteiger partial charge on any atom is -0.399 e. The van der Waals surface area contributed by atoms with E-state index >= 15 is 0 Å². The quantitative estimate of drug-likeness (QED) is 0.557.